The molecule has 0 saturated carbocycles. The molecule has 0 spiro atoms. The minimum atomic E-state index is -0.542. The highest BCUT2D eigenvalue weighted by Crippen LogP contribution is 2.19. The molecule has 0 aliphatic carbocycles. The van der Waals surface area contributed by atoms with E-state index in [-0.39, 0.29) is 17.4 Å². The number of urea groups is 1. The van der Waals surface area contributed by atoms with Crippen molar-refractivity contribution < 1.29 is 9.59 Å². The summed E-state index contributed by atoms with van der Waals surface area (Å²) in [5.41, 5.74) is 2.50. The van der Waals surface area contributed by atoms with E-state index >= 15 is 0 Å². The average molecular weight is 425 g/mol. The average Bonchev–Trinajstić information content (AvgIpc) is 2.69. The Hall–Kier alpha value is -3.13. The topological polar surface area (TPSA) is 93.1 Å². The number of carbonyl (C=O) groups excluding carboxylic acids is 2. The van der Waals surface area contributed by atoms with Crippen LogP contribution in [0.25, 0.3) is 10.9 Å². The minimum Gasteiger partial charge on any atom is -0.336 e. The van der Waals surface area contributed by atoms with Crippen LogP contribution in [0.5, 0.6) is 0 Å². The summed E-state index contributed by atoms with van der Waals surface area (Å²) in [5, 5.41) is 5.84. The number of imide groups is 1. The number of nitrogens with one attached hydrogen (secondary N) is 2. The molecule has 30 heavy (non-hydrogen) atoms. The highest BCUT2D eigenvalue weighted by molar-refractivity contribution is 7.99. The molecule has 2 aromatic carbocycles. The normalized spacial score (nSPS) is 10.9. The van der Waals surface area contributed by atoms with Gasteiger partial charge in [-0.3, -0.25) is 19.5 Å². The van der Waals surface area contributed by atoms with Gasteiger partial charge in [0.2, 0.25) is 5.91 Å². The second-order valence-electron chi connectivity index (χ2n) is 7.25. The summed E-state index contributed by atoms with van der Waals surface area (Å²) in [6, 6.07) is 14.4. The highest BCUT2D eigenvalue weighted by Gasteiger charge is 2.15. The molecule has 3 rings (SSSR count). The maximum atomic E-state index is 13.1. The number of benzene rings is 2. The lowest BCUT2D eigenvalue weighted by Gasteiger charge is -2.14. The number of carbonyl (C=O) groups is 2. The number of hydrogen-bond donors (Lipinski definition) is 2. The minimum absolute atomic E-state index is 0.0375. The number of thioether (sulfide) groups is 1. The van der Waals surface area contributed by atoms with Gasteiger partial charge in [-0.25, -0.2) is 9.78 Å². The van der Waals surface area contributed by atoms with E-state index in [2.05, 4.69) is 15.6 Å². The molecular weight excluding hydrogens is 400 g/mol. The summed E-state index contributed by atoms with van der Waals surface area (Å²) in [4.78, 5) is 41.6. The van der Waals surface area contributed by atoms with Crippen LogP contribution in [0.2, 0.25) is 0 Å². The largest absolute Gasteiger partial charge is 0.336 e. The Kier molecular flexibility index (Phi) is 6.89. The summed E-state index contributed by atoms with van der Waals surface area (Å²) in [7, 11) is 0. The molecule has 3 amide bonds. The summed E-state index contributed by atoms with van der Waals surface area (Å²) < 4.78 is 1.57. The monoisotopic (exact) mass is 424 g/mol. The Morgan fingerprint density at radius 3 is 2.50 bits per heavy atom. The number of aromatic nitrogens is 2. The quantitative estimate of drug-likeness (QED) is 0.469. The molecule has 0 aliphatic rings. The Balaban J connectivity index is 1.86. The molecule has 0 radical (unpaired) electrons. The Bertz CT molecular complexity index is 1120. The van der Waals surface area contributed by atoms with Gasteiger partial charge in [0.15, 0.2) is 5.16 Å². The first-order chi connectivity index (χ1) is 14.3. The first kappa shape index (κ1) is 21.6. The van der Waals surface area contributed by atoms with E-state index in [1.165, 1.54) is 0 Å². The van der Waals surface area contributed by atoms with Gasteiger partial charge in [-0.15, -0.1) is 0 Å². The molecule has 1 heterocycles. The molecule has 3 aromatic rings. The van der Waals surface area contributed by atoms with Crippen LogP contribution in [-0.2, 0) is 11.3 Å². The molecule has 0 aliphatic heterocycles. The van der Waals surface area contributed by atoms with Crippen molar-refractivity contribution in [2.45, 2.75) is 38.5 Å². The third kappa shape index (κ3) is 5.48. The number of rotatable bonds is 6. The third-order valence-corrected chi connectivity index (χ3v) is 5.27. The molecule has 0 unspecified atom stereocenters. The van der Waals surface area contributed by atoms with Gasteiger partial charge in [-0.1, -0.05) is 53.7 Å². The standard InChI is InChI=1S/C22H24N4O3S/c1-14(2)23-21(29)25-19(27)13-30-22-24-18-7-5-4-6-17(18)20(28)26(22)12-16-10-8-15(3)9-11-16/h4-11,14H,12-13H2,1-3H3,(H2,23,25,27,29). The van der Waals surface area contributed by atoms with Gasteiger partial charge >= 0.3 is 6.03 Å². The van der Waals surface area contributed by atoms with E-state index < -0.39 is 11.9 Å². The molecule has 156 valence electrons. The second kappa shape index (κ2) is 9.58. The van der Waals surface area contributed by atoms with Crippen LogP contribution in [-0.4, -0.2) is 33.3 Å². The van der Waals surface area contributed by atoms with Crippen molar-refractivity contribution in [1.82, 2.24) is 20.2 Å². The number of fused-ring (bicyclic) bond motifs is 1. The number of para-hydroxylation sites is 1. The van der Waals surface area contributed by atoms with Crippen LogP contribution in [0, 0.1) is 6.92 Å². The first-order valence-corrected chi connectivity index (χ1v) is 10.6. The Labute approximate surface area is 178 Å². The molecule has 7 nitrogen and oxygen atoms in total. The third-order valence-electron chi connectivity index (χ3n) is 4.29. The zero-order valence-electron chi connectivity index (χ0n) is 17.1. The van der Waals surface area contributed by atoms with Gasteiger partial charge in [-0.2, -0.15) is 0 Å². The van der Waals surface area contributed by atoms with Crippen LogP contribution < -0.4 is 16.2 Å². The summed E-state index contributed by atoms with van der Waals surface area (Å²) in [6.07, 6.45) is 0. The van der Waals surface area contributed by atoms with E-state index in [0.29, 0.717) is 22.6 Å². The van der Waals surface area contributed by atoms with E-state index in [0.717, 1.165) is 22.9 Å². The number of aryl methyl sites for hydroxylation is 1. The fraction of sp³-hybridized carbons (Fsp3) is 0.273. The first-order valence-electron chi connectivity index (χ1n) is 9.62. The van der Waals surface area contributed by atoms with Gasteiger partial charge in [0, 0.05) is 6.04 Å². The van der Waals surface area contributed by atoms with Crippen molar-refractivity contribution in [3.8, 4) is 0 Å². The molecule has 8 heteroatoms. The van der Waals surface area contributed by atoms with Crippen molar-refractivity contribution >= 4 is 34.6 Å². The van der Waals surface area contributed by atoms with E-state index in [1.807, 2.05) is 51.1 Å². The lowest BCUT2D eigenvalue weighted by molar-refractivity contribution is -0.117. The number of amides is 3. The van der Waals surface area contributed by atoms with Gasteiger partial charge in [0.05, 0.1) is 23.2 Å². The van der Waals surface area contributed by atoms with Crippen molar-refractivity contribution in [3.63, 3.8) is 0 Å². The summed E-state index contributed by atoms with van der Waals surface area (Å²) in [5.74, 6) is -0.494. The van der Waals surface area contributed by atoms with Crippen molar-refractivity contribution in [2.75, 3.05) is 5.75 Å². The molecular formula is C22H24N4O3S. The fourth-order valence-electron chi connectivity index (χ4n) is 2.86. The smallest absolute Gasteiger partial charge is 0.321 e. The van der Waals surface area contributed by atoms with Gasteiger partial charge in [0.25, 0.3) is 5.56 Å². The maximum Gasteiger partial charge on any atom is 0.321 e. The van der Waals surface area contributed by atoms with E-state index in [9.17, 15) is 14.4 Å². The van der Waals surface area contributed by atoms with E-state index in [1.54, 1.807) is 22.8 Å². The van der Waals surface area contributed by atoms with Crippen LogP contribution in [0.3, 0.4) is 0 Å². The summed E-state index contributed by atoms with van der Waals surface area (Å²) in [6.45, 7) is 5.96. The lowest BCUT2D eigenvalue weighted by Crippen LogP contribution is -2.43. The number of hydrogen-bond acceptors (Lipinski definition) is 5. The molecule has 1 aromatic heterocycles. The molecule has 2 N–H and O–H groups in total. The lowest BCUT2D eigenvalue weighted by atomic mass is 10.1. The number of nitrogens with zero attached hydrogens (tertiary/aromatic N) is 2. The van der Waals surface area contributed by atoms with Crippen molar-refractivity contribution in [3.05, 3.63) is 70.0 Å². The van der Waals surface area contributed by atoms with E-state index in [4.69, 9.17) is 0 Å². The van der Waals surface area contributed by atoms with Gasteiger partial charge in [-0.05, 0) is 38.5 Å². The SMILES string of the molecule is Cc1ccc(Cn2c(SCC(=O)NC(=O)NC(C)C)nc3ccccc3c2=O)cc1. The second-order valence-corrected chi connectivity index (χ2v) is 8.20. The zero-order chi connectivity index (χ0) is 21.7. The van der Waals surface area contributed by atoms with Gasteiger partial charge < -0.3 is 5.32 Å². The zero-order valence-corrected chi connectivity index (χ0v) is 18.0. The van der Waals surface area contributed by atoms with Crippen LogP contribution in [0.1, 0.15) is 25.0 Å². The van der Waals surface area contributed by atoms with Crippen LogP contribution >= 0.6 is 11.8 Å². The Morgan fingerprint density at radius 2 is 1.80 bits per heavy atom. The highest BCUT2D eigenvalue weighted by atomic mass is 32.2. The predicted molar refractivity (Wildman–Crippen MR) is 119 cm³/mol. The molecule has 0 fully saturated rings. The molecule has 0 saturated heterocycles. The van der Waals surface area contributed by atoms with Crippen molar-refractivity contribution in [2.24, 2.45) is 0 Å². The molecule has 0 atom stereocenters. The fourth-order valence-corrected chi connectivity index (χ4v) is 3.66. The van der Waals surface area contributed by atoms with Gasteiger partial charge in [0.1, 0.15) is 0 Å². The maximum absolute atomic E-state index is 13.1. The molecule has 0 bridgehead atoms. The Morgan fingerprint density at radius 1 is 1.10 bits per heavy atom. The van der Waals surface area contributed by atoms with Crippen LogP contribution in [0.15, 0.2) is 58.5 Å². The predicted octanol–water partition coefficient (Wildman–Crippen LogP) is 3.08. The van der Waals surface area contributed by atoms with Crippen LogP contribution in [0.4, 0.5) is 4.79 Å². The summed E-state index contributed by atoms with van der Waals surface area (Å²) >= 11 is 1.13. The van der Waals surface area contributed by atoms with Crippen molar-refractivity contribution in [1.29, 1.82) is 0 Å².